The fourth-order valence-electron chi connectivity index (χ4n) is 5.58. The van der Waals surface area contributed by atoms with Gasteiger partial charge in [-0.2, -0.15) is 5.10 Å². The molecule has 6 rings (SSSR count). The molecule has 2 aliphatic rings. The van der Waals surface area contributed by atoms with Crippen LogP contribution in [0.3, 0.4) is 0 Å². The third-order valence-electron chi connectivity index (χ3n) is 7.85. The Morgan fingerprint density at radius 3 is 2.67 bits per heavy atom. The van der Waals surface area contributed by atoms with E-state index in [1.807, 2.05) is 4.52 Å². The molecular weight excluding hydrogens is 430 g/mol. The van der Waals surface area contributed by atoms with Crippen LogP contribution in [0.5, 0.6) is 0 Å². The van der Waals surface area contributed by atoms with Crippen LogP contribution in [0.15, 0.2) is 12.5 Å². The van der Waals surface area contributed by atoms with Crippen LogP contribution in [0.2, 0.25) is 0 Å². The lowest BCUT2D eigenvalue weighted by molar-refractivity contribution is 0.106. The minimum absolute atomic E-state index is 0.364. The summed E-state index contributed by atoms with van der Waals surface area (Å²) in [7, 11) is 0. The number of rotatable bonds is 4. The standard InChI is InChI=1S/C25H33N7S/c1-14(2)20-21(19-12-32-23(26-13-27-32)17(5)16(19)4)28-24-22(20)29-25(33-24)31-10-9-30(11-15(31)3)18-7-6-8-18/h12-15,18,28H,6-11H2,1-5H3. The molecule has 1 aliphatic heterocycles. The van der Waals surface area contributed by atoms with Crippen molar-refractivity contribution in [3.63, 3.8) is 0 Å². The van der Waals surface area contributed by atoms with Gasteiger partial charge in [0.1, 0.15) is 16.7 Å². The van der Waals surface area contributed by atoms with E-state index < -0.39 is 0 Å². The average molecular weight is 464 g/mol. The van der Waals surface area contributed by atoms with Crippen molar-refractivity contribution < 1.29 is 0 Å². The van der Waals surface area contributed by atoms with Gasteiger partial charge < -0.3 is 9.88 Å². The zero-order chi connectivity index (χ0) is 22.9. The molecule has 8 heteroatoms. The smallest absolute Gasteiger partial charge is 0.188 e. The van der Waals surface area contributed by atoms with Crippen LogP contribution in [0, 0.1) is 13.8 Å². The van der Waals surface area contributed by atoms with Crippen molar-refractivity contribution in [2.45, 2.75) is 71.9 Å². The highest BCUT2D eigenvalue weighted by Gasteiger charge is 2.33. The molecule has 1 saturated heterocycles. The minimum atomic E-state index is 0.364. The maximum atomic E-state index is 5.22. The van der Waals surface area contributed by atoms with Gasteiger partial charge in [0.05, 0.1) is 5.69 Å². The fraction of sp³-hybridized carbons (Fsp3) is 0.560. The molecule has 4 aromatic rings. The molecule has 1 atom stereocenters. The van der Waals surface area contributed by atoms with Crippen LogP contribution < -0.4 is 4.90 Å². The summed E-state index contributed by atoms with van der Waals surface area (Å²) in [6, 6.07) is 1.32. The molecule has 33 heavy (non-hydrogen) atoms. The Morgan fingerprint density at radius 1 is 1.15 bits per heavy atom. The van der Waals surface area contributed by atoms with Gasteiger partial charge in [0.15, 0.2) is 10.8 Å². The first-order valence-corrected chi connectivity index (χ1v) is 13.1. The number of thiazole rings is 1. The van der Waals surface area contributed by atoms with E-state index >= 15 is 0 Å². The monoisotopic (exact) mass is 463 g/mol. The molecule has 1 unspecified atom stereocenters. The lowest BCUT2D eigenvalue weighted by atomic mass is 9.90. The minimum Gasteiger partial charge on any atom is -0.344 e. The summed E-state index contributed by atoms with van der Waals surface area (Å²) in [4.78, 5) is 19.8. The second-order valence-electron chi connectivity index (χ2n) is 10.2. The SMILES string of the molecule is Cc1c(-c2[nH]c3sc(N4CCN(C5CCC5)CC4C)nc3c2C(C)C)cn2ncnc2c1C. The highest BCUT2D eigenvalue weighted by atomic mass is 32.1. The highest BCUT2D eigenvalue weighted by molar-refractivity contribution is 7.21. The van der Waals surface area contributed by atoms with Crippen molar-refractivity contribution >= 4 is 32.5 Å². The molecule has 0 spiro atoms. The van der Waals surface area contributed by atoms with Gasteiger partial charge in [0, 0.05) is 49.0 Å². The number of hydrogen-bond acceptors (Lipinski definition) is 6. The molecule has 5 heterocycles. The number of piperazine rings is 1. The normalized spacial score (nSPS) is 20.4. The van der Waals surface area contributed by atoms with Gasteiger partial charge in [-0.05, 0) is 50.7 Å². The number of hydrogen-bond donors (Lipinski definition) is 1. The second-order valence-corrected chi connectivity index (χ2v) is 11.2. The molecule has 0 aromatic carbocycles. The third kappa shape index (κ3) is 3.29. The first-order chi connectivity index (χ1) is 15.9. The molecular formula is C25H33N7S. The van der Waals surface area contributed by atoms with Crippen LogP contribution in [0.4, 0.5) is 5.13 Å². The number of fused-ring (bicyclic) bond motifs is 2. The van der Waals surface area contributed by atoms with Crippen LogP contribution in [0.25, 0.3) is 27.3 Å². The predicted molar refractivity (Wildman–Crippen MR) is 136 cm³/mol. The van der Waals surface area contributed by atoms with Crippen molar-refractivity contribution in [3.05, 3.63) is 29.2 Å². The summed E-state index contributed by atoms with van der Waals surface area (Å²) in [6.07, 6.45) is 7.90. The van der Waals surface area contributed by atoms with Crippen LogP contribution in [-0.2, 0) is 0 Å². The Labute approximate surface area is 198 Å². The number of pyridine rings is 1. The first kappa shape index (κ1) is 21.1. The van der Waals surface area contributed by atoms with E-state index in [0.717, 1.165) is 42.0 Å². The number of aromatic amines is 1. The van der Waals surface area contributed by atoms with Crippen molar-refractivity contribution in [3.8, 4) is 11.3 Å². The van der Waals surface area contributed by atoms with Gasteiger partial charge in [-0.15, -0.1) is 0 Å². The number of anilines is 1. The van der Waals surface area contributed by atoms with Crippen LogP contribution in [-0.4, -0.2) is 61.2 Å². The summed E-state index contributed by atoms with van der Waals surface area (Å²) in [5.41, 5.74) is 8.12. The Kier molecular flexibility index (Phi) is 4.99. The Morgan fingerprint density at radius 2 is 1.97 bits per heavy atom. The van der Waals surface area contributed by atoms with E-state index in [4.69, 9.17) is 4.98 Å². The maximum Gasteiger partial charge on any atom is 0.188 e. The Balaban J connectivity index is 1.38. The highest BCUT2D eigenvalue weighted by Crippen LogP contribution is 2.42. The molecule has 1 saturated carbocycles. The van der Waals surface area contributed by atoms with E-state index in [0.29, 0.717) is 12.0 Å². The van der Waals surface area contributed by atoms with Crippen molar-refractivity contribution in [1.82, 2.24) is 29.5 Å². The third-order valence-corrected chi connectivity index (χ3v) is 8.86. The van der Waals surface area contributed by atoms with E-state index in [1.54, 1.807) is 17.7 Å². The maximum absolute atomic E-state index is 5.22. The zero-order valence-electron chi connectivity index (χ0n) is 20.2. The fourth-order valence-corrected chi connectivity index (χ4v) is 6.69. The van der Waals surface area contributed by atoms with Gasteiger partial charge in [-0.25, -0.2) is 14.5 Å². The van der Waals surface area contributed by atoms with Gasteiger partial charge in [0.25, 0.3) is 0 Å². The summed E-state index contributed by atoms with van der Waals surface area (Å²) in [5.74, 6) is 0.364. The quantitative estimate of drug-likeness (QED) is 0.454. The molecule has 0 bridgehead atoms. The zero-order valence-corrected chi connectivity index (χ0v) is 21.0. The topological polar surface area (TPSA) is 65.4 Å². The number of aryl methyl sites for hydroxylation is 1. The predicted octanol–water partition coefficient (Wildman–Crippen LogP) is 5.14. The molecule has 174 valence electrons. The Bertz CT molecular complexity index is 1330. The molecule has 2 fully saturated rings. The molecule has 0 amide bonds. The number of H-pyrrole nitrogens is 1. The van der Waals surface area contributed by atoms with Crippen molar-refractivity contribution in [2.75, 3.05) is 24.5 Å². The van der Waals surface area contributed by atoms with Gasteiger partial charge in [-0.1, -0.05) is 31.6 Å². The number of nitrogens with zero attached hydrogens (tertiary/aromatic N) is 6. The van der Waals surface area contributed by atoms with E-state index in [1.165, 1.54) is 52.0 Å². The van der Waals surface area contributed by atoms with Crippen LogP contribution in [0.1, 0.15) is 62.6 Å². The first-order valence-electron chi connectivity index (χ1n) is 12.3. The molecule has 0 radical (unpaired) electrons. The van der Waals surface area contributed by atoms with Crippen molar-refractivity contribution in [1.29, 1.82) is 0 Å². The van der Waals surface area contributed by atoms with Gasteiger partial charge >= 0.3 is 0 Å². The van der Waals surface area contributed by atoms with Crippen molar-refractivity contribution in [2.24, 2.45) is 0 Å². The molecule has 4 aromatic heterocycles. The average Bonchev–Trinajstić information content (AvgIpc) is 3.43. The molecule has 1 N–H and O–H groups in total. The largest absolute Gasteiger partial charge is 0.344 e. The number of aromatic nitrogens is 5. The summed E-state index contributed by atoms with van der Waals surface area (Å²) < 4.78 is 1.89. The van der Waals surface area contributed by atoms with Gasteiger partial charge in [0.2, 0.25) is 0 Å². The van der Waals surface area contributed by atoms with Crippen LogP contribution >= 0.6 is 11.3 Å². The second kappa shape index (κ2) is 7.81. The summed E-state index contributed by atoms with van der Waals surface area (Å²) in [5, 5.41) is 5.56. The van der Waals surface area contributed by atoms with E-state index in [2.05, 4.69) is 65.7 Å². The summed E-state index contributed by atoms with van der Waals surface area (Å²) >= 11 is 1.81. The molecule has 1 aliphatic carbocycles. The number of nitrogens with one attached hydrogen (secondary N) is 1. The van der Waals surface area contributed by atoms with E-state index in [-0.39, 0.29) is 0 Å². The van der Waals surface area contributed by atoms with E-state index in [9.17, 15) is 0 Å². The Hall–Kier alpha value is -2.45. The van der Waals surface area contributed by atoms with Gasteiger partial charge in [-0.3, -0.25) is 4.90 Å². The summed E-state index contributed by atoms with van der Waals surface area (Å²) in [6.45, 7) is 14.6. The molecule has 7 nitrogen and oxygen atoms in total. The lowest BCUT2D eigenvalue weighted by Crippen LogP contribution is -2.56. The lowest BCUT2D eigenvalue weighted by Gasteiger charge is -2.46.